The maximum atomic E-state index is 13.5. The van der Waals surface area contributed by atoms with E-state index in [1.54, 1.807) is 0 Å². The van der Waals surface area contributed by atoms with Crippen LogP contribution >= 0.6 is 11.8 Å². The average molecular weight is 515 g/mol. The molecule has 2 aliphatic rings. The van der Waals surface area contributed by atoms with Crippen molar-refractivity contribution in [3.05, 3.63) is 120 Å². The van der Waals surface area contributed by atoms with Crippen LogP contribution in [0.5, 0.6) is 0 Å². The Kier molecular flexibility index (Phi) is 7.28. The Morgan fingerprint density at radius 2 is 1.49 bits per heavy atom. The molecule has 0 aromatic heterocycles. The fourth-order valence-corrected chi connectivity index (χ4v) is 5.79. The SMILES string of the molecule is COC1=CN2C(=O)[C@@H](NC(=O)Cc3ccccc3)[C@H]2SC1C(=O)OC(c1ccccc1)c1ccccc1. The molecule has 2 aliphatic heterocycles. The van der Waals surface area contributed by atoms with E-state index in [-0.39, 0.29) is 18.2 Å². The van der Waals surface area contributed by atoms with Gasteiger partial charge in [-0.3, -0.25) is 19.3 Å². The summed E-state index contributed by atoms with van der Waals surface area (Å²) in [5, 5.41) is 1.60. The number of hydrogen-bond acceptors (Lipinski definition) is 6. The van der Waals surface area contributed by atoms with Gasteiger partial charge in [0.2, 0.25) is 5.91 Å². The van der Waals surface area contributed by atoms with Gasteiger partial charge in [0.1, 0.15) is 17.2 Å². The minimum Gasteiger partial charge on any atom is -0.498 e. The number of carbonyl (C=O) groups is 3. The number of carbonyl (C=O) groups excluding carboxylic acids is 3. The first-order valence-corrected chi connectivity index (χ1v) is 12.9. The molecule has 2 heterocycles. The van der Waals surface area contributed by atoms with Crippen LogP contribution in [0.25, 0.3) is 0 Å². The zero-order valence-corrected chi connectivity index (χ0v) is 21.0. The number of thioether (sulfide) groups is 1. The molecule has 2 amide bonds. The lowest BCUT2D eigenvalue weighted by Crippen LogP contribution is -2.69. The summed E-state index contributed by atoms with van der Waals surface area (Å²) in [6.45, 7) is 0. The molecule has 1 saturated heterocycles. The minimum absolute atomic E-state index is 0.169. The van der Waals surface area contributed by atoms with E-state index >= 15 is 0 Å². The lowest BCUT2D eigenvalue weighted by molar-refractivity contribution is -0.148. The number of hydrogen-bond donors (Lipinski definition) is 1. The first kappa shape index (κ1) is 24.6. The van der Waals surface area contributed by atoms with E-state index in [4.69, 9.17) is 9.47 Å². The van der Waals surface area contributed by atoms with E-state index in [1.807, 2.05) is 91.0 Å². The number of fused-ring (bicyclic) bond motifs is 1. The number of rotatable bonds is 8. The predicted molar refractivity (Wildman–Crippen MR) is 140 cm³/mol. The molecule has 3 aromatic carbocycles. The first-order chi connectivity index (χ1) is 18.0. The molecule has 188 valence electrons. The van der Waals surface area contributed by atoms with Gasteiger partial charge in [0.15, 0.2) is 11.4 Å². The van der Waals surface area contributed by atoms with Crippen LogP contribution in [-0.2, 0) is 30.3 Å². The van der Waals surface area contributed by atoms with Crippen molar-refractivity contribution in [3.63, 3.8) is 0 Å². The molecule has 8 heteroatoms. The van der Waals surface area contributed by atoms with Gasteiger partial charge < -0.3 is 14.8 Å². The first-order valence-electron chi connectivity index (χ1n) is 11.9. The summed E-state index contributed by atoms with van der Waals surface area (Å²) < 4.78 is 11.5. The number of nitrogens with one attached hydrogen (secondary N) is 1. The number of esters is 1. The summed E-state index contributed by atoms with van der Waals surface area (Å²) in [5.74, 6) is -0.650. The van der Waals surface area contributed by atoms with Gasteiger partial charge in [0.05, 0.1) is 13.5 Å². The average Bonchev–Trinajstić information content (AvgIpc) is 2.95. The highest BCUT2D eigenvalue weighted by molar-refractivity contribution is 8.01. The summed E-state index contributed by atoms with van der Waals surface area (Å²) in [7, 11) is 1.46. The highest BCUT2D eigenvalue weighted by atomic mass is 32.2. The van der Waals surface area contributed by atoms with Crippen molar-refractivity contribution < 1.29 is 23.9 Å². The third-order valence-corrected chi connectivity index (χ3v) is 7.77. The molecule has 1 N–H and O–H groups in total. The molecule has 5 rings (SSSR count). The summed E-state index contributed by atoms with van der Waals surface area (Å²) in [4.78, 5) is 40.3. The van der Waals surface area contributed by atoms with E-state index in [0.29, 0.717) is 5.76 Å². The second-order valence-electron chi connectivity index (χ2n) is 8.73. The quantitative estimate of drug-likeness (QED) is 0.364. The summed E-state index contributed by atoms with van der Waals surface area (Å²) in [6.07, 6.45) is 1.11. The number of β-lactam (4-membered cyclic amide) rings is 1. The van der Waals surface area contributed by atoms with Crippen molar-refractivity contribution in [2.75, 3.05) is 7.11 Å². The van der Waals surface area contributed by atoms with Crippen LogP contribution in [0, 0.1) is 0 Å². The van der Waals surface area contributed by atoms with Crippen molar-refractivity contribution >= 4 is 29.5 Å². The van der Waals surface area contributed by atoms with Gasteiger partial charge in [-0.1, -0.05) is 91.0 Å². The fraction of sp³-hybridized carbons (Fsp3) is 0.207. The molecule has 37 heavy (non-hydrogen) atoms. The normalized spacial score (nSPS) is 20.4. The number of amides is 2. The van der Waals surface area contributed by atoms with Crippen LogP contribution in [0.15, 0.2) is 103 Å². The zero-order chi connectivity index (χ0) is 25.8. The number of benzene rings is 3. The summed E-state index contributed by atoms with van der Waals surface area (Å²) in [5.41, 5.74) is 2.55. The highest BCUT2D eigenvalue weighted by Crippen LogP contribution is 2.42. The molecule has 0 aliphatic carbocycles. The Balaban J connectivity index is 1.32. The standard InChI is InChI=1S/C29H26N2O5S/c1-35-22-18-31-27(33)24(30-23(32)17-19-11-5-2-6-12-19)28(31)37-26(22)29(34)36-25(20-13-7-3-8-14-20)21-15-9-4-10-16-21/h2-16,18,24-26,28H,17H2,1H3,(H,30,32)/t24-,26?,28-/m1/s1. The highest BCUT2D eigenvalue weighted by Gasteiger charge is 2.53. The molecule has 0 bridgehead atoms. The van der Waals surface area contributed by atoms with E-state index in [2.05, 4.69) is 5.32 Å². The number of ether oxygens (including phenoxy) is 2. The molecule has 1 unspecified atom stereocenters. The molecular weight excluding hydrogens is 488 g/mol. The Hall–Kier alpha value is -4.04. The maximum absolute atomic E-state index is 13.5. The predicted octanol–water partition coefficient (Wildman–Crippen LogP) is 3.82. The Labute approximate surface area is 219 Å². The van der Waals surface area contributed by atoms with Crippen molar-refractivity contribution in [1.29, 1.82) is 0 Å². The lowest BCUT2D eigenvalue weighted by Gasteiger charge is -2.48. The number of nitrogens with zero attached hydrogens (tertiary/aromatic N) is 1. The molecule has 0 saturated carbocycles. The molecular formula is C29H26N2O5S. The van der Waals surface area contributed by atoms with E-state index in [9.17, 15) is 14.4 Å². The topological polar surface area (TPSA) is 84.9 Å². The van der Waals surface area contributed by atoms with Gasteiger partial charge in [-0.2, -0.15) is 0 Å². The Morgan fingerprint density at radius 3 is 2.05 bits per heavy atom. The van der Waals surface area contributed by atoms with E-state index in [0.717, 1.165) is 16.7 Å². The lowest BCUT2D eigenvalue weighted by atomic mass is 10.0. The van der Waals surface area contributed by atoms with Crippen LogP contribution in [0.1, 0.15) is 22.8 Å². The molecule has 3 atom stereocenters. The maximum Gasteiger partial charge on any atom is 0.327 e. The molecule has 0 radical (unpaired) electrons. The van der Waals surface area contributed by atoms with Crippen LogP contribution in [0.2, 0.25) is 0 Å². The van der Waals surface area contributed by atoms with Crippen molar-refractivity contribution in [1.82, 2.24) is 10.2 Å². The third-order valence-electron chi connectivity index (χ3n) is 6.29. The van der Waals surface area contributed by atoms with Crippen molar-refractivity contribution in [2.45, 2.75) is 29.2 Å². The van der Waals surface area contributed by atoms with Gasteiger partial charge in [-0.25, -0.2) is 0 Å². The summed E-state index contributed by atoms with van der Waals surface area (Å²) >= 11 is 1.24. The van der Waals surface area contributed by atoms with Gasteiger partial charge >= 0.3 is 5.97 Å². The number of methoxy groups -OCH3 is 1. The van der Waals surface area contributed by atoms with E-state index < -0.39 is 28.7 Å². The van der Waals surface area contributed by atoms with Crippen LogP contribution in [0.4, 0.5) is 0 Å². The second-order valence-corrected chi connectivity index (χ2v) is 9.96. The van der Waals surface area contributed by atoms with Crippen LogP contribution in [-0.4, -0.2) is 46.5 Å². The smallest absolute Gasteiger partial charge is 0.327 e. The van der Waals surface area contributed by atoms with Gasteiger partial charge in [0.25, 0.3) is 5.91 Å². The van der Waals surface area contributed by atoms with Crippen molar-refractivity contribution in [3.8, 4) is 0 Å². The van der Waals surface area contributed by atoms with Gasteiger partial charge in [0, 0.05) is 6.20 Å². The molecule has 3 aromatic rings. The monoisotopic (exact) mass is 514 g/mol. The second kappa shape index (κ2) is 10.9. The molecule has 1 fully saturated rings. The van der Waals surface area contributed by atoms with Crippen molar-refractivity contribution in [2.24, 2.45) is 0 Å². The largest absolute Gasteiger partial charge is 0.498 e. The van der Waals surface area contributed by atoms with Gasteiger partial charge in [-0.05, 0) is 16.7 Å². The zero-order valence-electron chi connectivity index (χ0n) is 20.2. The van der Waals surface area contributed by atoms with Crippen LogP contribution < -0.4 is 5.32 Å². The minimum atomic E-state index is -0.789. The van der Waals surface area contributed by atoms with E-state index in [1.165, 1.54) is 30.0 Å². The third kappa shape index (κ3) is 5.24. The Morgan fingerprint density at radius 1 is 0.919 bits per heavy atom. The summed E-state index contributed by atoms with van der Waals surface area (Å²) in [6, 6.07) is 27.7. The van der Waals surface area contributed by atoms with Gasteiger partial charge in [-0.15, -0.1) is 11.8 Å². The fourth-order valence-electron chi connectivity index (χ4n) is 4.41. The molecule has 7 nitrogen and oxygen atoms in total. The van der Waals surface area contributed by atoms with Crippen LogP contribution in [0.3, 0.4) is 0 Å². The Bertz CT molecular complexity index is 1260. The molecule has 0 spiro atoms.